The van der Waals surface area contributed by atoms with Crippen LogP contribution >= 0.6 is 11.8 Å². The van der Waals surface area contributed by atoms with Crippen molar-refractivity contribution in [1.29, 1.82) is 0 Å². The van der Waals surface area contributed by atoms with E-state index in [0.29, 0.717) is 19.6 Å². The van der Waals surface area contributed by atoms with Crippen LogP contribution in [0.1, 0.15) is 18.2 Å². The molecule has 0 amide bonds. The SMILES string of the molecule is C=CCn1c(SCCOc2ccccc2)nnc1C1CCS(=O)(=O)C1. The first kappa shape index (κ1) is 18.0. The molecule has 0 aliphatic carbocycles. The van der Waals surface area contributed by atoms with Gasteiger partial charge in [0.05, 0.1) is 18.1 Å². The van der Waals surface area contributed by atoms with Crippen molar-refractivity contribution in [1.82, 2.24) is 14.8 Å². The van der Waals surface area contributed by atoms with Crippen LogP contribution in [0.25, 0.3) is 0 Å². The van der Waals surface area contributed by atoms with Gasteiger partial charge in [0.2, 0.25) is 0 Å². The fourth-order valence-corrected chi connectivity index (χ4v) is 5.33. The van der Waals surface area contributed by atoms with Gasteiger partial charge in [-0.15, -0.1) is 16.8 Å². The number of nitrogens with zero attached hydrogens (tertiary/aromatic N) is 3. The van der Waals surface area contributed by atoms with E-state index >= 15 is 0 Å². The summed E-state index contributed by atoms with van der Waals surface area (Å²) in [6.07, 6.45) is 2.39. The monoisotopic (exact) mass is 379 g/mol. The van der Waals surface area contributed by atoms with E-state index in [1.165, 1.54) is 0 Å². The van der Waals surface area contributed by atoms with E-state index in [9.17, 15) is 8.42 Å². The molecule has 2 heterocycles. The van der Waals surface area contributed by atoms with Gasteiger partial charge in [0.25, 0.3) is 0 Å². The Bertz CT molecular complexity index is 819. The van der Waals surface area contributed by atoms with E-state index in [1.807, 2.05) is 34.9 Å². The number of aromatic nitrogens is 3. The summed E-state index contributed by atoms with van der Waals surface area (Å²) in [4.78, 5) is 0. The molecule has 0 radical (unpaired) electrons. The third kappa shape index (κ3) is 4.64. The Labute approximate surface area is 152 Å². The smallest absolute Gasteiger partial charge is 0.191 e. The number of thioether (sulfide) groups is 1. The molecule has 0 spiro atoms. The topological polar surface area (TPSA) is 74.1 Å². The van der Waals surface area contributed by atoms with E-state index in [-0.39, 0.29) is 17.4 Å². The van der Waals surface area contributed by atoms with Crippen LogP contribution in [-0.4, -0.2) is 47.0 Å². The third-order valence-corrected chi connectivity index (χ3v) is 6.68. The second kappa shape index (κ2) is 8.05. The van der Waals surface area contributed by atoms with Gasteiger partial charge in [-0.25, -0.2) is 8.42 Å². The molecule has 1 aromatic carbocycles. The quantitative estimate of drug-likeness (QED) is 0.399. The molecule has 1 aromatic heterocycles. The maximum Gasteiger partial charge on any atom is 0.191 e. The fraction of sp³-hybridized carbons (Fsp3) is 0.412. The van der Waals surface area contributed by atoms with Gasteiger partial charge in [-0.1, -0.05) is 36.0 Å². The van der Waals surface area contributed by atoms with Gasteiger partial charge in [-0.05, 0) is 18.6 Å². The number of rotatable bonds is 8. The zero-order chi connectivity index (χ0) is 17.7. The average Bonchev–Trinajstić information content (AvgIpc) is 3.16. The van der Waals surface area contributed by atoms with Crippen LogP contribution < -0.4 is 4.74 Å². The maximum absolute atomic E-state index is 11.7. The van der Waals surface area contributed by atoms with Crippen LogP contribution in [0.15, 0.2) is 48.1 Å². The third-order valence-electron chi connectivity index (χ3n) is 3.98. The molecule has 0 bridgehead atoms. The summed E-state index contributed by atoms with van der Waals surface area (Å²) in [6, 6.07) is 9.66. The van der Waals surface area contributed by atoms with E-state index in [0.717, 1.165) is 22.5 Å². The van der Waals surface area contributed by atoms with Gasteiger partial charge in [0, 0.05) is 18.2 Å². The molecule has 1 atom stereocenters. The molecule has 1 aliphatic heterocycles. The molecule has 25 heavy (non-hydrogen) atoms. The Balaban J connectivity index is 1.62. The summed E-state index contributed by atoms with van der Waals surface area (Å²) in [7, 11) is -2.95. The standard InChI is InChI=1S/C17H21N3O3S2/c1-2-9-20-16(14-8-12-25(21,22)13-14)18-19-17(20)24-11-10-23-15-6-4-3-5-7-15/h2-7,14H,1,8-13H2. The van der Waals surface area contributed by atoms with Crippen molar-refractivity contribution in [2.45, 2.75) is 24.0 Å². The van der Waals surface area contributed by atoms with Crippen LogP contribution in [0.2, 0.25) is 0 Å². The number of benzene rings is 1. The Morgan fingerprint density at radius 3 is 2.80 bits per heavy atom. The molecule has 1 saturated heterocycles. The van der Waals surface area contributed by atoms with Crippen LogP contribution in [0.5, 0.6) is 5.75 Å². The summed E-state index contributed by atoms with van der Waals surface area (Å²) in [5, 5.41) is 9.28. The van der Waals surface area contributed by atoms with Gasteiger partial charge in [-0.3, -0.25) is 0 Å². The highest BCUT2D eigenvalue weighted by atomic mass is 32.2. The Morgan fingerprint density at radius 2 is 2.12 bits per heavy atom. The highest BCUT2D eigenvalue weighted by Gasteiger charge is 2.33. The normalized spacial score (nSPS) is 19.0. The molecule has 1 unspecified atom stereocenters. The Hall–Kier alpha value is -1.80. The van der Waals surface area contributed by atoms with Gasteiger partial charge < -0.3 is 9.30 Å². The van der Waals surface area contributed by atoms with Gasteiger partial charge >= 0.3 is 0 Å². The molecule has 1 aliphatic rings. The van der Waals surface area contributed by atoms with Crippen molar-refractivity contribution >= 4 is 21.6 Å². The van der Waals surface area contributed by atoms with Gasteiger partial charge in [-0.2, -0.15) is 0 Å². The maximum atomic E-state index is 11.7. The molecule has 0 saturated carbocycles. The first-order chi connectivity index (χ1) is 12.1. The molecule has 0 N–H and O–H groups in total. The molecule has 3 rings (SSSR count). The van der Waals surface area contributed by atoms with E-state index < -0.39 is 9.84 Å². The first-order valence-electron chi connectivity index (χ1n) is 8.14. The number of para-hydroxylation sites is 1. The molecule has 134 valence electrons. The van der Waals surface area contributed by atoms with Gasteiger partial charge in [0.1, 0.15) is 11.6 Å². The van der Waals surface area contributed by atoms with Crippen molar-refractivity contribution in [2.75, 3.05) is 23.9 Å². The van der Waals surface area contributed by atoms with Crippen LogP contribution in [0.3, 0.4) is 0 Å². The van der Waals surface area contributed by atoms with Crippen molar-refractivity contribution in [3.8, 4) is 5.75 Å². The first-order valence-corrected chi connectivity index (χ1v) is 10.9. The Morgan fingerprint density at radius 1 is 1.32 bits per heavy atom. The summed E-state index contributed by atoms with van der Waals surface area (Å²) in [5.74, 6) is 2.62. The average molecular weight is 380 g/mol. The second-order valence-electron chi connectivity index (χ2n) is 5.85. The number of hydrogen-bond donors (Lipinski definition) is 0. The predicted octanol–water partition coefficient (Wildman–Crippen LogP) is 2.54. The van der Waals surface area contributed by atoms with Crippen LogP contribution in [-0.2, 0) is 16.4 Å². The lowest BCUT2D eigenvalue weighted by Gasteiger charge is -2.11. The molecular weight excluding hydrogens is 358 g/mol. The number of allylic oxidation sites excluding steroid dienone is 1. The highest BCUT2D eigenvalue weighted by molar-refractivity contribution is 7.99. The zero-order valence-electron chi connectivity index (χ0n) is 13.9. The van der Waals surface area contributed by atoms with E-state index in [4.69, 9.17) is 4.74 Å². The predicted molar refractivity (Wildman–Crippen MR) is 98.9 cm³/mol. The molecular formula is C17H21N3O3S2. The van der Waals surface area contributed by atoms with Crippen LogP contribution in [0, 0.1) is 0 Å². The van der Waals surface area contributed by atoms with Crippen molar-refractivity contribution in [2.24, 2.45) is 0 Å². The lowest BCUT2D eigenvalue weighted by atomic mass is 10.1. The Kier molecular flexibility index (Phi) is 5.80. The minimum atomic E-state index is -2.95. The summed E-state index contributed by atoms with van der Waals surface area (Å²) < 4.78 is 31.1. The van der Waals surface area contributed by atoms with E-state index in [1.54, 1.807) is 17.8 Å². The minimum Gasteiger partial charge on any atom is -0.493 e. The summed E-state index contributed by atoms with van der Waals surface area (Å²) >= 11 is 1.55. The zero-order valence-corrected chi connectivity index (χ0v) is 15.5. The molecule has 2 aromatic rings. The van der Waals surface area contributed by atoms with Crippen molar-refractivity contribution in [3.05, 3.63) is 48.8 Å². The second-order valence-corrected chi connectivity index (χ2v) is 9.14. The lowest BCUT2D eigenvalue weighted by molar-refractivity contribution is 0.344. The molecule has 1 fully saturated rings. The number of sulfone groups is 1. The van der Waals surface area contributed by atoms with Crippen LogP contribution in [0.4, 0.5) is 0 Å². The summed E-state index contributed by atoms with van der Waals surface area (Å²) in [5.41, 5.74) is 0. The largest absolute Gasteiger partial charge is 0.493 e. The number of ether oxygens (including phenoxy) is 1. The van der Waals surface area contributed by atoms with Crippen molar-refractivity contribution < 1.29 is 13.2 Å². The lowest BCUT2D eigenvalue weighted by Crippen LogP contribution is -2.11. The molecule has 6 nitrogen and oxygen atoms in total. The minimum absolute atomic E-state index is 0.0765. The van der Waals surface area contributed by atoms with Crippen molar-refractivity contribution in [3.63, 3.8) is 0 Å². The van der Waals surface area contributed by atoms with Gasteiger partial charge in [0.15, 0.2) is 15.0 Å². The highest BCUT2D eigenvalue weighted by Crippen LogP contribution is 2.30. The molecule has 8 heteroatoms. The summed E-state index contributed by atoms with van der Waals surface area (Å²) in [6.45, 7) is 4.91. The number of hydrogen-bond acceptors (Lipinski definition) is 6. The fourth-order valence-electron chi connectivity index (χ4n) is 2.82. The van der Waals surface area contributed by atoms with E-state index in [2.05, 4.69) is 16.8 Å².